The van der Waals surface area contributed by atoms with Crippen molar-refractivity contribution < 1.29 is 0 Å². The van der Waals surface area contributed by atoms with Crippen molar-refractivity contribution in [1.82, 2.24) is 10.2 Å². The highest BCUT2D eigenvalue weighted by Crippen LogP contribution is 2.08. The Bertz CT molecular complexity index is 390. The average molecular weight is 290 g/mol. The van der Waals surface area contributed by atoms with Gasteiger partial charge in [-0.25, -0.2) is 0 Å². The molecule has 0 aliphatic carbocycles. The fraction of sp³-hybridized carbons (Fsp3) is 0.684. The van der Waals surface area contributed by atoms with Gasteiger partial charge in [0, 0.05) is 31.2 Å². The van der Waals surface area contributed by atoms with Crippen molar-refractivity contribution in [3.63, 3.8) is 0 Å². The highest BCUT2D eigenvalue weighted by atomic mass is 15.2. The molecule has 0 saturated carbocycles. The predicted octanol–water partition coefficient (Wildman–Crippen LogP) is 4.02. The summed E-state index contributed by atoms with van der Waals surface area (Å²) in [6.45, 7) is 15.8. The molecular weight excluding hydrogens is 256 g/mol. The van der Waals surface area contributed by atoms with Crippen molar-refractivity contribution in [2.24, 2.45) is 0 Å². The van der Waals surface area contributed by atoms with Gasteiger partial charge in [-0.05, 0) is 59.9 Å². The standard InChI is InChI=1S/C19H34N2/c1-15(2)21(16(3)4)13-12-20-18(6)10-11-19-9-7-8-17(5)14-19/h7-9,14-16,18,20H,10-13H2,1-6H3. The van der Waals surface area contributed by atoms with Crippen molar-refractivity contribution in [3.05, 3.63) is 35.4 Å². The minimum atomic E-state index is 0.576. The van der Waals surface area contributed by atoms with Crippen LogP contribution in [0.5, 0.6) is 0 Å². The summed E-state index contributed by atoms with van der Waals surface area (Å²) in [7, 11) is 0. The molecule has 0 aliphatic rings. The van der Waals surface area contributed by atoms with Crippen LogP contribution >= 0.6 is 0 Å². The summed E-state index contributed by atoms with van der Waals surface area (Å²) in [5, 5.41) is 3.67. The Balaban J connectivity index is 2.26. The maximum absolute atomic E-state index is 3.67. The van der Waals surface area contributed by atoms with E-state index in [4.69, 9.17) is 0 Å². The molecule has 0 aromatic heterocycles. The van der Waals surface area contributed by atoms with Gasteiger partial charge in [0.2, 0.25) is 0 Å². The first kappa shape index (κ1) is 18.2. The second kappa shape index (κ2) is 9.22. The van der Waals surface area contributed by atoms with E-state index in [1.54, 1.807) is 0 Å². The van der Waals surface area contributed by atoms with E-state index in [2.05, 4.69) is 76.0 Å². The monoisotopic (exact) mass is 290 g/mol. The van der Waals surface area contributed by atoms with Gasteiger partial charge in [-0.15, -0.1) is 0 Å². The van der Waals surface area contributed by atoms with E-state index in [0.717, 1.165) is 19.5 Å². The van der Waals surface area contributed by atoms with Crippen LogP contribution in [0.4, 0.5) is 0 Å². The van der Waals surface area contributed by atoms with Crippen LogP contribution < -0.4 is 5.32 Å². The van der Waals surface area contributed by atoms with E-state index in [9.17, 15) is 0 Å². The van der Waals surface area contributed by atoms with Crippen molar-refractivity contribution in [1.29, 1.82) is 0 Å². The Labute approximate surface area is 131 Å². The first-order valence-corrected chi connectivity index (χ1v) is 8.44. The van der Waals surface area contributed by atoms with Gasteiger partial charge < -0.3 is 5.32 Å². The Hall–Kier alpha value is -0.860. The van der Waals surface area contributed by atoms with Crippen LogP contribution in [-0.4, -0.2) is 36.1 Å². The largest absolute Gasteiger partial charge is 0.313 e. The third-order valence-electron chi connectivity index (χ3n) is 4.14. The molecule has 1 unspecified atom stereocenters. The van der Waals surface area contributed by atoms with Gasteiger partial charge in [0.15, 0.2) is 0 Å². The highest BCUT2D eigenvalue weighted by Gasteiger charge is 2.12. The van der Waals surface area contributed by atoms with Crippen LogP contribution in [0.3, 0.4) is 0 Å². The fourth-order valence-corrected chi connectivity index (χ4v) is 2.91. The molecule has 1 N–H and O–H groups in total. The smallest absolute Gasteiger partial charge is 0.0112 e. The molecular formula is C19H34N2. The molecule has 0 heterocycles. The summed E-state index contributed by atoms with van der Waals surface area (Å²) in [5.41, 5.74) is 2.81. The van der Waals surface area contributed by atoms with Crippen LogP contribution in [0.15, 0.2) is 24.3 Å². The quantitative estimate of drug-likeness (QED) is 0.739. The van der Waals surface area contributed by atoms with Crippen molar-refractivity contribution in [3.8, 4) is 0 Å². The summed E-state index contributed by atoms with van der Waals surface area (Å²) in [4.78, 5) is 2.54. The molecule has 1 rings (SSSR count). The number of aryl methyl sites for hydroxylation is 2. The third kappa shape index (κ3) is 7.10. The Morgan fingerprint density at radius 1 is 1.05 bits per heavy atom. The van der Waals surface area contributed by atoms with Crippen LogP contribution in [0.1, 0.15) is 52.2 Å². The van der Waals surface area contributed by atoms with E-state index < -0.39 is 0 Å². The lowest BCUT2D eigenvalue weighted by Crippen LogP contribution is -2.43. The first-order valence-electron chi connectivity index (χ1n) is 8.44. The normalized spacial score (nSPS) is 13.4. The van der Waals surface area contributed by atoms with Crippen molar-refractivity contribution in [2.75, 3.05) is 13.1 Å². The predicted molar refractivity (Wildman–Crippen MR) is 93.9 cm³/mol. The minimum Gasteiger partial charge on any atom is -0.313 e. The van der Waals surface area contributed by atoms with Crippen molar-refractivity contribution >= 4 is 0 Å². The van der Waals surface area contributed by atoms with E-state index in [-0.39, 0.29) is 0 Å². The summed E-state index contributed by atoms with van der Waals surface area (Å²) < 4.78 is 0. The van der Waals surface area contributed by atoms with Crippen LogP contribution in [0, 0.1) is 6.92 Å². The lowest BCUT2D eigenvalue weighted by atomic mass is 10.0. The Morgan fingerprint density at radius 3 is 2.29 bits per heavy atom. The van der Waals surface area contributed by atoms with Gasteiger partial charge in [0.05, 0.1) is 0 Å². The lowest BCUT2D eigenvalue weighted by Gasteiger charge is -2.31. The summed E-state index contributed by atoms with van der Waals surface area (Å²) in [6.07, 6.45) is 2.36. The maximum atomic E-state index is 3.67. The number of rotatable bonds is 9. The molecule has 2 heteroatoms. The SMILES string of the molecule is Cc1cccc(CCC(C)NCCN(C(C)C)C(C)C)c1. The van der Waals surface area contributed by atoms with Gasteiger partial charge in [-0.3, -0.25) is 4.90 Å². The molecule has 0 amide bonds. The lowest BCUT2D eigenvalue weighted by molar-refractivity contribution is 0.174. The third-order valence-corrected chi connectivity index (χ3v) is 4.14. The van der Waals surface area contributed by atoms with Crippen LogP contribution in [-0.2, 0) is 6.42 Å². The summed E-state index contributed by atoms with van der Waals surface area (Å²) in [6, 6.07) is 10.7. The Morgan fingerprint density at radius 2 is 1.71 bits per heavy atom. The van der Waals surface area contributed by atoms with Crippen LogP contribution in [0.2, 0.25) is 0 Å². The number of benzene rings is 1. The molecule has 0 aliphatic heterocycles. The van der Waals surface area contributed by atoms with Gasteiger partial charge >= 0.3 is 0 Å². The van der Waals surface area contributed by atoms with E-state index in [0.29, 0.717) is 18.1 Å². The van der Waals surface area contributed by atoms with Gasteiger partial charge in [-0.1, -0.05) is 29.8 Å². The van der Waals surface area contributed by atoms with E-state index >= 15 is 0 Å². The second-order valence-electron chi connectivity index (χ2n) is 6.81. The zero-order valence-corrected chi connectivity index (χ0v) is 14.8. The Kier molecular flexibility index (Phi) is 7.98. The molecule has 2 nitrogen and oxygen atoms in total. The molecule has 0 fully saturated rings. The molecule has 120 valence electrons. The number of nitrogens with one attached hydrogen (secondary N) is 1. The fourth-order valence-electron chi connectivity index (χ4n) is 2.91. The molecule has 0 bridgehead atoms. The molecule has 0 saturated heterocycles. The van der Waals surface area contributed by atoms with Gasteiger partial charge in [-0.2, -0.15) is 0 Å². The van der Waals surface area contributed by atoms with E-state index in [1.165, 1.54) is 17.5 Å². The van der Waals surface area contributed by atoms with Gasteiger partial charge in [0.1, 0.15) is 0 Å². The maximum Gasteiger partial charge on any atom is 0.0112 e. The summed E-state index contributed by atoms with van der Waals surface area (Å²) in [5.74, 6) is 0. The highest BCUT2D eigenvalue weighted by molar-refractivity contribution is 5.22. The number of nitrogens with zero attached hydrogens (tertiary/aromatic N) is 1. The average Bonchev–Trinajstić information content (AvgIpc) is 2.40. The molecule has 0 spiro atoms. The molecule has 0 radical (unpaired) electrons. The molecule has 1 atom stereocenters. The minimum absolute atomic E-state index is 0.576. The zero-order chi connectivity index (χ0) is 15.8. The van der Waals surface area contributed by atoms with Gasteiger partial charge in [0.25, 0.3) is 0 Å². The second-order valence-corrected chi connectivity index (χ2v) is 6.81. The molecule has 21 heavy (non-hydrogen) atoms. The topological polar surface area (TPSA) is 15.3 Å². The van der Waals surface area contributed by atoms with E-state index in [1.807, 2.05) is 0 Å². The van der Waals surface area contributed by atoms with Crippen LogP contribution in [0.25, 0.3) is 0 Å². The zero-order valence-electron chi connectivity index (χ0n) is 14.8. The molecule has 1 aromatic rings. The van der Waals surface area contributed by atoms with Crippen molar-refractivity contribution in [2.45, 2.75) is 72.5 Å². The summed E-state index contributed by atoms with van der Waals surface area (Å²) >= 11 is 0. The molecule has 1 aromatic carbocycles. The number of hydrogen-bond acceptors (Lipinski definition) is 2. The number of hydrogen-bond donors (Lipinski definition) is 1. The first-order chi connectivity index (χ1) is 9.90.